The minimum Gasteiger partial charge on any atom is -0.396 e. The molecule has 2 fully saturated rings. The highest BCUT2D eigenvalue weighted by molar-refractivity contribution is 5.79. The van der Waals surface area contributed by atoms with Crippen molar-refractivity contribution < 1.29 is 9.90 Å². The maximum absolute atomic E-state index is 12.4. The first-order valence-electron chi connectivity index (χ1n) is 7.36. The fourth-order valence-corrected chi connectivity index (χ4v) is 3.13. The summed E-state index contributed by atoms with van der Waals surface area (Å²) in [5.41, 5.74) is 0. The summed E-state index contributed by atoms with van der Waals surface area (Å²) in [5.74, 6) is 1.02. The summed E-state index contributed by atoms with van der Waals surface area (Å²) < 4.78 is 0. The number of aliphatic hydroxyl groups excluding tert-OH is 1. The zero-order valence-corrected chi connectivity index (χ0v) is 11.5. The van der Waals surface area contributed by atoms with Crippen molar-refractivity contribution in [1.29, 1.82) is 0 Å². The molecule has 1 amide bonds. The average molecular weight is 254 g/mol. The predicted molar refractivity (Wildman–Crippen MR) is 71.2 cm³/mol. The molecular weight excluding hydrogens is 228 g/mol. The molecule has 1 saturated heterocycles. The van der Waals surface area contributed by atoms with E-state index in [0.717, 1.165) is 58.4 Å². The van der Waals surface area contributed by atoms with Gasteiger partial charge >= 0.3 is 0 Å². The second-order valence-corrected chi connectivity index (χ2v) is 5.66. The monoisotopic (exact) mass is 254 g/mol. The van der Waals surface area contributed by atoms with Gasteiger partial charge in [0.25, 0.3) is 0 Å². The standard InChI is InChI=1S/C14H26N2O2/c1-2-15-7-9-16(10-8-15)14(18)13-5-3-12(11-17)4-6-13/h12-13,17H,2-11H2,1H3. The molecule has 0 bridgehead atoms. The Morgan fingerprint density at radius 3 is 2.22 bits per heavy atom. The molecule has 0 unspecified atom stereocenters. The molecule has 104 valence electrons. The predicted octanol–water partition coefficient (Wildman–Crippen LogP) is 0.949. The molecule has 2 rings (SSSR count). The van der Waals surface area contributed by atoms with Crippen LogP contribution in [0.1, 0.15) is 32.6 Å². The van der Waals surface area contributed by atoms with E-state index >= 15 is 0 Å². The Kier molecular flexibility index (Phi) is 5.01. The lowest BCUT2D eigenvalue weighted by Crippen LogP contribution is -2.50. The van der Waals surface area contributed by atoms with Gasteiger partial charge in [0.1, 0.15) is 0 Å². The van der Waals surface area contributed by atoms with Gasteiger partial charge in [-0.1, -0.05) is 6.92 Å². The van der Waals surface area contributed by atoms with Crippen LogP contribution >= 0.6 is 0 Å². The van der Waals surface area contributed by atoms with Gasteiger partial charge in [0.15, 0.2) is 0 Å². The number of aliphatic hydroxyl groups is 1. The molecule has 0 aromatic carbocycles. The van der Waals surface area contributed by atoms with E-state index < -0.39 is 0 Å². The highest BCUT2D eigenvalue weighted by Gasteiger charge is 2.30. The molecule has 1 saturated carbocycles. The minimum absolute atomic E-state index is 0.223. The Labute approximate surface area is 110 Å². The Balaban J connectivity index is 1.78. The average Bonchev–Trinajstić information content (AvgIpc) is 2.47. The highest BCUT2D eigenvalue weighted by Crippen LogP contribution is 2.29. The molecule has 0 aromatic rings. The molecular formula is C14H26N2O2. The number of piperazine rings is 1. The van der Waals surface area contributed by atoms with Gasteiger partial charge in [-0.15, -0.1) is 0 Å². The second-order valence-electron chi connectivity index (χ2n) is 5.66. The van der Waals surface area contributed by atoms with Crippen LogP contribution in [0.5, 0.6) is 0 Å². The fourth-order valence-electron chi connectivity index (χ4n) is 3.13. The van der Waals surface area contributed by atoms with Crippen LogP contribution in [0.15, 0.2) is 0 Å². The minimum atomic E-state index is 0.223. The van der Waals surface area contributed by atoms with Gasteiger partial charge in [0.05, 0.1) is 0 Å². The number of hydrogen-bond acceptors (Lipinski definition) is 3. The van der Waals surface area contributed by atoms with Crippen LogP contribution in [0, 0.1) is 11.8 Å². The maximum Gasteiger partial charge on any atom is 0.225 e. The quantitative estimate of drug-likeness (QED) is 0.815. The van der Waals surface area contributed by atoms with Crippen molar-refractivity contribution in [3.63, 3.8) is 0 Å². The summed E-state index contributed by atoms with van der Waals surface area (Å²) in [7, 11) is 0. The van der Waals surface area contributed by atoms with E-state index in [9.17, 15) is 4.79 Å². The Hall–Kier alpha value is -0.610. The maximum atomic E-state index is 12.4. The first-order valence-corrected chi connectivity index (χ1v) is 7.36. The van der Waals surface area contributed by atoms with Gasteiger partial charge in [-0.05, 0) is 38.1 Å². The summed E-state index contributed by atoms with van der Waals surface area (Å²) >= 11 is 0. The molecule has 1 heterocycles. The molecule has 1 aliphatic carbocycles. The Bertz CT molecular complexity index is 241. The number of likely N-dealkylation sites (N-methyl/N-ethyl adjacent to an activating group) is 1. The number of rotatable bonds is 3. The van der Waals surface area contributed by atoms with Crippen LogP contribution in [-0.4, -0.2) is 60.1 Å². The van der Waals surface area contributed by atoms with E-state index in [0.29, 0.717) is 11.8 Å². The number of hydrogen-bond donors (Lipinski definition) is 1. The molecule has 4 nitrogen and oxygen atoms in total. The van der Waals surface area contributed by atoms with Crippen molar-refractivity contribution in [1.82, 2.24) is 9.80 Å². The zero-order valence-electron chi connectivity index (χ0n) is 11.5. The topological polar surface area (TPSA) is 43.8 Å². The van der Waals surface area contributed by atoms with Crippen LogP contribution in [0.4, 0.5) is 0 Å². The van der Waals surface area contributed by atoms with E-state index in [1.165, 1.54) is 0 Å². The summed E-state index contributed by atoms with van der Waals surface area (Å²) in [6.45, 7) is 7.38. The Morgan fingerprint density at radius 2 is 1.72 bits per heavy atom. The van der Waals surface area contributed by atoms with Crippen LogP contribution in [0.25, 0.3) is 0 Å². The van der Waals surface area contributed by atoms with Crippen LogP contribution in [0.2, 0.25) is 0 Å². The van der Waals surface area contributed by atoms with Gasteiger partial charge < -0.3 is 14.9 Å². The van der Waals surface area contributed by atoms with Gasteiger partial charge in [0, 0.05) is 38.7 Å². The molecule has 1 aliphatic heterocycles. The Morgan fingerprint density at radius 1 is 1.11 bits per heavy atom. The van der Waals surface area contributed by atoms with Crippen molar-refractivity contribution in [3.05, 3.63) is 0 Å². The molecule has 0 aromatic heterocycles. The SMILES string of the molecule is CCN1CCN(C(=O)C2CCC(CO)CC2)CC1. The summed E-state index contributed by atoms with van der Waals surface area (Å²) in [6, 6.07) is 0. The van der Waals surface area contributed by atoms with Crippen molar-refractivity contribution in [2.24, 2.45) is 11.8 Å². The molecule has 1 N–H and O–H groups in total. The van der Waals surface area contributed by atoms with E-state index in [2.05, 4.69) is 16.7 Å². The summed E-state index contributed by atoms with van der Waals surface area (Å²) in [6.07, 6.45) is 3.97. The fraction of sp³-hybridized carbons (Fsp3) is 0.929. The largest absolute Gasteiger partial charge is 0.396 e. The van der Waals surface area contributed by atoms with E-state index in [4.69, 9.17) is 5.11 Å². The molecule has 0 spiro atoms. The third-order valence-corrected chi connectivity index (χ3v) is 4.59. The molecule has 0 atom stereocenters. The first kappa shape index (κ1) is 13.8. The zero-order chi connectivity index (χ0) is 13.0. The second kappa shape index (κ2) is 6.53. The van der Waals surface area contributed by atoms with Gasteiger partial charge in [-0.3, -0.25) is 4.79 Å². The lowest BCUT2D eigenvalue weighted by Gasteiger charge is -2.37. The van der Waals surface area contributed by atoms with Crippen molar-refractivity contribution in [2.75, 3.05) is 39.3 Å². The summed E-state index contributed by atoms with van der Waals surface area (Å²) in [4.78, 5) is 16.8. The number of amides is 1. The molecule has 0 radical (unpaired) electrons. The smallest absolute Gasteiger partial charge is 0.225 e. The van der Waals surface area contributed by atoms with Crippen LogP contribution in [0.3, 0.4) is 0 Å². The normalized spacial score (nSPS) is 30.4. The van der Waals surface area contributed by atoms with Crippen molar-refractivity contribution >= 4 is 5.91 Å². The highest BCUT2D eigenvalue weighted by atomic mass is 16.3. The number of nitrogens with zero attached hydrogens (tertiary/aromatic N) is 2. The van der Waals surface area contributed by atoms with Crippen LogP contribution in [-0.2, 0) is 4.79 Å². The lowest BCUT2D eigenvalue weighted by atomic mass is 9.81. The van der Waals surface area contributed by atoms with Crippen LogP contribution < -0.4 is 0 Å². The van der Waals surface area contributed by atoms with Crippen molar-refractivity contribution in [3.8, 4) is 0 Å². The third-order valence-electron chi connectivity index (χ3n) is 4.59. The molecule has 18 heavy (non-hydrogen) atoms. The molecule has 2 aliphatic rings. The van der Waals surface area contributed by atoms with Gasteiger partial charge in [0.2, 0.25) is 5.91 Å². The number of carbonyl (C=O) groups is 1. The van der Waals surface area contributed by atoms with Gasteiger partial charge in [-0.25, -0.2) is 0 Å². The van der Waals surface area contributed by atoms with E-state index in [-0.39, 0.29) is 12.5 Å². The number of carbonyl (C=O) groups excluding carboxylic acids is 1. The molecule has 4 heteroatoms. The van der Waals surface area contributed by atoms with Gasteiger partial charge in [-0.2, -0.15) is 0 Å². The third kappa shape index (κ3) is 3.23. The first-order chi connectivity index (χ1) is 8.74. The summed E-state index contributed by atoms with van der Waals surface area (Å²) in [5, 5.41) is 9.12. The lowest BCUT2D eigenvalue weighted by molar-refractivity contribution is -0.138. The van der Waals surface area contributed by atoms with E-state index in [1.807, 2.05) is 0 Å². The van der Waals surface area contributed by atoms with E-state index in [1.54, 1.807) is 0 Å². The van der Waals surface area contributed by atoms with Crippen molar-refractivity contribution in [2.45, 2.75) is 32.6 Å².